The molecule has 0 aliphatic carbocycles. The molecule has 1 saturated heterocycles. The minimum absolute atomic E-state index is 0.123. The maximum Gasteiger partial charge on any atom is 0.410 e. The summed E-state index contributed by atoms with van der Waals surface area (Å²) in [5, 5.41) is 13.0. The zero-order valence-corrected chi connectivity index (χ0v) is 14.7. The van der Waals surface area contributed by atoms with Gasteiger partial charge in [-0.3, -0.25) is 4.79 Å². The summed E-state index contributed by atoms with van der Waals surface area (Å²) in [5.74, 6) is -4.72. The molecule has 1 fully saturated rings. The van der Waals surface area contributed by atoms with Crippen LogP contribution in [0.25, 0.3) is 0 Å². The lowest BCUT2D eigenvalue weighted by Gasteiger charge is -2.22. The summed E-state index contributed by atoms with van der Waals surface area (Å²) in [7, 11) is 0. The van der Waals surface area contributed by atoms with E-state index in [0.29, 0.717) is 16.8 Å². The number of hydrogen-bond donors (Lipinski definition) is 2. The fourth-order valence-electron chi connectivity index (χ4n) is 2.74. The average Bonchev–Trinajstić information content (AvgIpc) is 2.87. The van der Waals surface area contributed by atoms with Gasteiger partial charge in [-0.05, 0) is 35.9 Å². The lowest BCUT2D eigenvalue weighted by Crippen LogP contribution is -2.46. The molecular formula is C18H15ClF2N2O4. The molecule has 0 unspecified atom stereocenters. The highest BCUT2D eigenvalue weighted by atomic mass is 35.5. The minimum Gasteiger partial charge on any atom is -0.407 e. The molecule has 2 N–H and O–H groups in total. The number of rotatable bonds is 4. The fraction of sp³-hybridized carbons (Fsp3) is 0.222. The third kappa shape index (κ3) is 4.35. The number of halogens is 3. The van der Waals surface area contributed by atoms with E-state index in [4.69, 9.17) is 16.3 Å². The smallest absolute Gasteiger partial charge is 0.407 e. The van der Waals surface area contributed by atoms with Crippen LogP contribution in [-0.2, 0) is 16.1 Å². The van der Waals surface area contributed by atoms with E-state index in [0.717, 1.165) is 12.1 Å². The van der Waals surface area contributed by atoms with Gasteiger partial charge in [-0.15, -0.1) is 0 Å². The number of ether oxygens (including phenoxy) is 1. The van der Waals surface area contributed by atoms with E-state index in [1.807, 2.05) is 0 Å². The van der Waals surface area contributed by atoms with Crippen molar-refractivity contribution in [1.29, 1.82) is 0 Å². The van der Waals surface area contributed by atoms with Crippen LogP contribution in [0.4, 0.5) is 19.3 Å². The van der Waals surface area contributed by atoms with Crippen LogP contribution in [0, 0.1) is 11.6 Å². The van der Waals surface area contributed by atoms with E-state index in [2.05, 4.69) is 5.32 Å². The minimum atomic E-state index is -2.33. The van der Waals surface area contributed by atoms with Gasteiger partial charge in [0.15, 0.2) is 0 Å². The fourth-order valence-corrected chi connectivity index (χ4v) is 2.93. The summed E-state index contributed by atoms with van der Waals surface area (Å²) in [6, 6.07) is 9.24. The number of aliphatic hydroxyl groups is 1. The van der Waals surface area contributed by atoms with Gasteiger partial charge >= 0.3 is 6.09 Å². The maximum atomic E-state index is 13.1. The highest BCUT2D eigenvalue weighted by Crippen LogP contribution is 2.30. The van der Waals surface area contributed by atoms with E-state index in [1.165, 1.54) is 4.90 Å². The van der Waals surface area contributed by atoms with Crippen LogP contribution in [-0.4, -0.2) is 29.4 Å². The second-order valence-corrected chi connectivity index (χ2v) is 6.43. The van der Waals surface area contributed by atoms with Crippen LogP contribution >= 0.6 is 11.6 Å². The first-order chi connectivity index (χ1) is 12.8. The zero-order chi connectivity index (χ0) is 19.6. The van der Waals surface area contributed by atoms with E-state index >= 15 is 0 Å². The highest BCUT2D eigenvalue weighted by Gasteiger charge is 2.49. The molecule has 0 spiro atoms. The number of amides is 2. The highest BCUT2D eigenvalue weighted by molar-refractivity contribution is 6.31. The van der Waals surface area contributed by atoms with Gasteiger partial charge in [-0.2, -0.15) is 0 Å². The summed E-state index contributed by atoms with van der Waals surface area (Å²) in [6.45, 7) is -0.117. The SMILES string of the molecule is O=C(NCc1cc(F)cc(F)c1)O[C@@]1(O)CCN(c2cccc(Cl)c2)C1=O. The zero-order valence-electron chi connectivity index (χ0n) is 13.9. The standard InChI is InChI=1S/C18H15ClF2N2O4/c19-12-2-1-3-15(8-12)23-5-4-18(26,16(23)24)27-17(25)22-10-11-6-13(20)9-14(21)7-11/h1-3,6-9,26H,4-5,10H2,(H,22,25)/t18-/m0/s1. The van der Waals surface area contributed by atoms with Crippen molar-refractivity contribution in [2.75, 3.05) is 11.4 Å². The topological polar surface area (TPSA) is 78.9 Å². The monoisotopic (exact) mass is 396 g/mol. The molecule has 3 rings (SSSR count). The van der Waals surface area contributed by atoms with Crippen molar-refractivity contribution in [2.45, 2.75) is 18.8 Å². The quantitative estimate of drug-likeness (QED) is 0.779. The van der Waals surface area contributed by atoms with Crippen LogP contribution < -0.4 is 10.2 Å². The second kappa shape index (κ2) is 7.50. The van der Waals surface area contributed by atoms with Gasteiger partial charge < -0.3 is 20.1 Å². The first kappa shape index (κ1) is 19.1. The van der Waals surface area contributed by atoms with Gasteiger partial charge in [-0.25, -0.2) is 13.6 Å². The Morgan fingerprint density at radius 2 is 1.96 bits per heavy atom. The van der Waals surface area contributed by atoms with Crippen LogP contribution in [0.1, 0.15) is 12.0 Å². The van der Waals surface area contributed by atoms with Crippen molar-refractivity contribution in [3.8, 4) is 0 Å². The molecule has 1 aliphatic heterocycles. The summed E-state index contributed by atoms with van der Waals surface area (Å²) in [6.07, 6.45) is -1.23. The van der Waals surface area contributed by atoms with Gasteiger partial charge in [0.25, 0.3) is 11.7 Å². The number of carbonyl (C=O) groups is 2. The van der Waals surface area contributed by atoms with Crippen LogP contribution in [0.15, 0.2) is 42.5 Å². The molecule has 27 heavy (non-hydrogen) atoms. The molecule has 1 aliphatic rings. The number of nitrogens with zero attached hydrogens (tertiary/aromatic N) is 1. The van der Waals surface area contributed by atoms with E-state index < -0.39 is 29.4 Å². The Kier molecular flexibility index (Phi) is 5.29. The summed E-state index contributed by atoms with van der Waals surface area (Å²) >= 11 is 5.90. The molecule has 0 bridgehead atoms. The average molecular weight is 397 g/mol. The van der Waals surface area contributed by atoms with E-state index in [9.17, 15) is 23.5 Å². The van der Waals surface area contributed by atoms with Crippen LogP contribution in [0.3, 0.4) is 0 Å². The first-order valence-electron chi connectivity index (χ1n) is 7.98. The Bertz CT molecular complexity index is 875. The Labute approximate surface area is 158 Å². The third-order valence-electron chi connectivity index (χ3n) is 3.99. The molecule has 0 radical (unpaired) electrons. The number of nitrogens with one attached hydrogen (secondary N) is 1. The maximum absolute atomic E-state index is 13.1. The second-order valence-electron chi connectivity index (χ2n) is 5.99. The summed E-state index contributed by atoms with van der Waals surface area (Å²) in [4.78, 5) is 25.6. The first-order valence-corrected chi connectivity index (χ1v) is 8.36. The van der Waals surface area contributed by atoms with Gasteiger partial charge in [0, 0.05) is 36.3 Å². The molecule has 0 saturated carbocycles. The molecule has 1 atom stereocenters. The van der Waals surface area contributed by atoms with Crippen molar-refractivity contribution in [1.82, 2.24) is 5.32 Å². The number of hydrogen-bond acceptors (Lipinski definition) is 4. The number of alkyl carbamates (subject to hydrolysis) is 1. The van der Waals surface area contributed by atoms with Gasteiger partial charge in [0.2, 0.25) is 0 Å². The molecule has 0 aromatic heterocycles. The molecule has 2 amide bonds. The lowest BCUT2D eigenvalue weighted by atomic mass is 10.2. The molecular weight excluding hydrogens is 382 g/mol. The summed E-state index contributed by atoms with van der Waals surface area (Å²) < 4.78 is 31.2. The molecule has 1 heterocycles. The predicted octanol–water partition coefficient (Wildman–Crippen LogP) is 2.97. The Balaban J connectivity index is 1.62. The Morgan fingerprint density at radius 1 is 1.26 bits per heavy atom. The third-order valence-corrected chi connectivity index (χ3v) is 4.23. The van der Waals surface area contributed by atoms with Crippen molar-refractivity contribution in [3.05, 3.63) is 64.7 Å². The van der Waals surface area contributed by atoms with E-state index in [1.54, 1.807) is 24.3 Å². The molecule has 6 nitrogen and oxygen atoms in total. The van der Waals surface area contributed by atoms with Crippen molar-refractivity contribution >= 4 is 29.3 Å². The molecule has 142 valence electrons. The Morgan fingerprint density at radius 3 is 2.63 bits per heavy atom. The van der Waals surface area contributed by atoms with Gasteiger partial charge in [0.1, 0.15) is 11.6 Å². The van der Waals surface area contributed by atoms with Crippen LogP contribution in [0.2, 0.25) is 5.02 Å². The van der Waals surface area contributed by atoms with Crippen molar-refractivity contribution in [3.63, 3.8) is 0 Å². The van der Waals surface area contributed by atoms with Gasteiger partial charge in [0.05, 0.1) is 0 Å². The summed E-state index contributed by atoms with van der Waals surface area (Å²) in [5.41, 5.74) is 0.623. The van der Waals surface area contributed by atoms with Gasteiger partial charge in [-0.1, -0.05) is 17.7 Å². The predicted molar refractivity (Wildman–Crippen MR) is 93.1 cm³/mol. The number of anilines is 1. The van der Waals surface area contributed by atoms with E-state index in [-0.39, 0.29) is 25.1 Å². The van der Waals surface area contributed by atoms with Crippen LogP contribution in [0.5, 0.6) is 0 Å². The number of benzene rings is 2. The van der Waals surface area contributed by atoms with Crippen molar-refractivity contribution < 1.29 is 28.2 Å². The van der Waals surface area contributed by atoms with Crippen molar-refractivity contribution in [2.24, 2.45) is 0 Å². The largest absolute Gasteiger partial charge is 0.410 e. The molecule has 2 aromatic carbocycles. The molecule has 2 aromatic rings. The molecule has 9 heteroatoms. The number of carbonyl (C=O) groups excluding carboxylic acids is 2. The normalized spacial score (nSPS) is 19.3. The Hall–Kier alpha value is -2.71. The lowest BCUT2D eigenvalue weighted by molar-refractivity contribution is -0.175.